The number of primary amides is 1. The third kappa shape index (κ3) is 3.44. The van der Waals surface area contributed by atoms with Gasteiger partial charge in [0.15, 0.2) is 0 Å². The fraction of sp³-hybridized carbons (Fsp3) is 0.217. The Hall–Kier alpha value is -3.59. The average Bonchev–Trinajstić information content (AvgIpc) is 3.19. The second-order valence-electron chi connectivity index (χ2n) is 7.98. The molecular weight excluding hydrogens is 426 g/mol. The molecule has 2 aromatic carbocycles. The van der Waals surface area contributed by atoms with Gasteiger partial charge in [0.05, 0.1) is 21.8 Å². The zero-order chi connectivity index (χ0) is 22.3. The molecule has 3 fully saturated rings. The molecule has 164 valence electrons. The Balaban J connectivity index is 1.66. The molecule has 0 aliphatic carbocycles. The predicted molar refractivity (Wildman–Crippen MR) is 123 cm³/mol. The van der Waals surface area contributed by atoms with Crippen molar-refractivity contribution in [1.82, 2.24) is 14.3 Å². The highest BCUT2D eigenvalue weighted by Gasteiger charge is 2.35. The van der Waals surface area contributed by atoms with E-state index in [0.29, 0.717) is 5.52 Å². The lowest BCUT2D eigenvalue weighted by atomic mass is 9.83. The highest BCUT2D eigenvalue weighted by molar-refractivity contribution is 7.90. The Bertz CT molecular complexity index is 1350. The molecule has 3 saturated heterocycles. The van der Waals surface area contributed by atoms with Gasteiger partial charge in [-0.2, -0.15) is 5.10 Å². The molecule has 1 aromatic heterocycles. The summed E-state index contributed by atoms with van der Waals surface area (Å²) in [5, 5.41) is 5.11. The SMILES string of the molecule is NC(=O)N/N=C1/C(=C/c2cn(S(=O)(=O)c3ccccc3)c3ccccc23)N2CCC1CC2. The molecule has 8 nitrogen and oxygen atoms in total. The van der Waals surface area contributed by atoms with Crippen LogP contribution in [0.3, 0.4) is 0 Å². The number of carbonyl (C=O) groups excluding carboxylic acids is 1. The highest BCUT2D eigenvalue weighted by Crippen LogP contribution is 2.35. The predicted octanol–water partition coefficient (Wildman–Crippen LogP) is 2.97. The normalized spacial score (nSPS) is 19.2. The zero-order valence-corrected chi connectivity index (χ0v) is 18.1. The van der Waals surface area contributed by atoms with Crippen molar-refractivity contribution in [1.29, 1.82) is 0 Å². The third-order valence-corrected chi connectivity index (χ3v) is 7.76. The minimum atomic E-state index is -3.76. The summed E-state index contributed by atoms with van der Waals surface area (Å²) in [5.41, 5.74) is 10.6. The minimum absolute atomic E-state index is 0.230. The summed E-state index contributed by atoms with van der Waals surface area (Å²) in [6.07, 6.45) is 5.54. The molecule has 0 spiro atoms. The Morgan fingerprint density at radius 1 is 1.06 bits per heavy atom. The van der Waals surface area contributed by atoms with Crippen LogP contribution in [0.15, 0.2) is 76.5 Å². The fourth-order valence-corrected chi connectivity index (χ4v) is 5.94. The molecule has 3 N–H and O–H groups in total. The Labute approximate surface area is 186 Å². The van der Waals surface area contributed by atoms with E-state index in [-0.39, 0.29) is 10.8 Å². The number of hydrazone groups is 1. The number of aromatic nitrogens is 1. The molecule has 3 aliphatic rings. The zero-order valence-electron chi connectivity index (χ0n) is 17.3. The van der Waals surface area contributed by atoms with E-state index in [4.69, 9.17) is 5.73 Å². The van der Waals surface area contributed by atoms with Crippen LogP contribution in [0.4, 0.5) is 4.79 Å². The van der Waals surface area contributed by atoms with Crippen LogP contribution in [-0.4, -0.2) is 42.1 Å². The van der Waals surface area contributed by atoms with Gasteiger partial charge < -0.3 is 10.6 Å². The van der Waals surface area contributed by atoms with E-state index in [1.807, 2.05) is 24.3 Å². The van der Waals surface area contributed by atoms with Crippen molar-refractivity contribution in [2.45, 2.75) is 17.7 Å². The number of carbonyl (C=O) groups is 1. The molecule has 32 heavy (non-hydrogen) atoms. The van der Waals surface area contributed by atoms with Crippen molar-refractivity contribution in [3.63, 3.8) is 0 Å². The molecule has 0 atom stereocenters. The molecule has 9 heteroatoms. The van der Waals surface area contributed by atoms with Crippen LogP contribution in [0.25, 0.3) is 17.0 Å². The van der Waals surface area contributed by atoms with Crippen LogP contribution in [-0.2, 0) is 10.0 Å². The number of piperidine rings is 3. The standard InChI is InChI=1S/C23H23N5O3S/c24-23(29)26-25-22-16-10-12-27(13-11-16)21(22)14-17-15-28(20-9-5-4-8-19(17)20)32(30,31)18-6-2-1-3-7-18/h1-9,14-16H,10-13H2,(H3,24,26,29)/b21-14-,25-22+. The molecule has 0 radical (unpaired) electrons. The third-order valence-electron chi connectivity index (χ3n) is 6.07. The van der Waals surface area contributed by atoms with E-state index in [2.05, 4.69) is 15.4 Å². The van der Waals surface area contributed by atoms with Gasteiger partial charge in [-0.3, -0.25) is 0 Å². The first-order valence-corrected chi connectivity index (χ1v) is 11.9. The maximum Gasteiger partial charge on any atom is 0.332 e. The van der Waals surface area contributed by atoms with Crippen molar-refractivity contribution < 1.29 is 13.2 Å². The van der Waals surface area contributed by atoms with Crippen LogP contribution in [0.1, 0.15) is 18.4 Å². The van der Waals surface area contributed by atoms with Crippen LogP contribution in [0, 0.1) is 5.92 Å². The van der Waals surface area contributed by atoms with E-state index < -0.39 is 16.1 Å². The number of nitrogens with one attached hydrogen (secondary N) is 1. The second kappa shape index (κ2) is 7.83. The maximum atomic E-state index is 13.4. The van der Waals surface area contributed by atoms with Gasteiger partial charge in [0.25, 0.3) is 10.0 Å². The summed E-state index contributed by atoms with van der Waals surface area (Å²) in [5.74, 6) is 0.236. The first-order chi connectivity index (χ1) is 15.4. The fourth-order valence-electron chi connectivity index (χ4n) is 4.54. The second-order valence-corrected chi connectivity index (χ2v) is 9.79. The summed E-state index contributed by atoms with van der Waals surface area (Å²) >= 11 is 0. The lowest BCUT2D eigenvalue weighted by Crippen LogP contribution is -2.47. The number of amides is 2. The van der Waals surface area contributed by atoms with Crippen molar-refractivity contribution in [3.8, 4) is 0 Å². The number of allylic oxidation sites excluding steroid dienone is 1. The molecule has 3 aliphatic heterocycles. The average molecular weight is 450 g/mol. The number of hydrogen-bond acceptors (Lipinski definition) is 5. The molecular formula is C23H23N5O3S. The molecule has 4 heterocycles. The first kappa shape index (κ1) is 20.3. The summed E-state index contributed by atoms with van der Waals surface area (Å²) < 4.78 is 28.1. The lowest BCUT2D eigenvalue weighted by Gasteiger charge is -2.43. The van der Waals surface area contributed by atoms with Crippen molar-refractivity contribution in [3.05, 3.63) is 72.1 Å². The van der Waals surface area contributed by atoms with Gasteiger partial charge in [-0.1, -0.05) is 36.4 Å². The molecule has 0 unspecified atom stereocenters. The molecule has 2 bridgehead atoms. The number of benzene rings is 2. The van der Waals surface area contributed by atoms with Crippen molar-refractivity contribution in [2.75, 3.05) is 13.1 Å². The number of urea groups is 1. The number of rotatable bonds is 4. The Morgan fingerprint density at radius 2 is 1.75 bits per heavy atom. The minimum Gasteiger partial charge on any atom is -0.370 e. The van der Waals surface area contributed by atoms with E-state index >= 15 is 0 Å². The smallest absolute Gasteiger partial charge is 0.332 e. The van der Waals surface area contributed by atoms with Crippen LogP contribution in [0.2, 0.25) is 0 Å². The largest absolute Gasteiger partial charge is 0.370 e. The maximum absolute atomic E-state index is 13.4. The topological polar surface area (TPSA) is 110 Å². The summed E-state index contributed by atoms with van der Waals surface area (Å²) in [4.78, 5) is 13.7. The number of fused-ring (bicyclic) bond motifs is 4. The van der Waals surface area contributed by atoms with E-state index in [0.717, 1.165) is 48.3 Å². The molecule has 3 aromatic rings. The molecule has 0 saturated carbocycles. The monoisotopic (exact) mass is 449 g/mol. The Morgan fingerprint density at radius 3 is 2.47 bits per heavy atom. The van der Waals surface area contributed by atoms with Crippen molar-refractivity contribution in [2.24, 2.45) is 16.8 Å². The van der Waals surface area contributed by atoms with Gasteiger partial charge in [-0.25, -0.2) is 22.6 Å². The van der Waals surface area contributed by atoms with Gasteiger partial charge in [0.2, 0.25) is 0 Å². The van der Waals surface area contributed by atoms with Crippen LogP contribution in [0.5, 0.6) is 0 Å². The van der Waals surface area contributed by atoms with Gasteiger partial charge >= 0.3 is 6.03 Å². The van der Waals surface area contributed by atoms with Gasteiger partial charge in [0, 0.05) is 36.2 Å². The highest BCUT2D eigenvalue weighted by atomic mass is 32.2. The van der Waals surface area contributed by atoms with Gasteiger partial charge in [-0.15, -0.1) is 0 Å². The summed E-state index contributed by atoms with van der Waals surface area (Å²) in [6, 6.07) is 15.1. The molecule has 2 amide bonds. The summed E-state index contributed by atoms with van der Waals surface area (Å²) in [6.45, 7) is 1.79. The number of para-hydroxylation sites is 1. The van der Waals surface area contributed by atoms with E-state index in [1.54, 1.807) is 42.6 Å². The summed E-state index contributed by atoms with van der Waals surface area (Å²) in [7, 11) is -3.76. The van der Waals surface area contributed by atoms with Crippen molar-refractivity contribution >= 4 is 38.7 Å². The quantitative estimate of drug-likeness (QED) is 0.597. The number of hydrogen-bond donors (Lipinski definition) is 2. The Kier molecular flexibility index (Phi) is 4.97. The number of nitrogens with two attached hydrogens (primary N) is 1. The van der Waals surface area contributed by atoms with E-state index in [1.165, 1.54) is 3.97 Å². The van der Waals surface area contributed by atoms with Crippen LogP contribution < -0.4 is 11.2 Å². The molecule has 6 rings (SSSR count). The van der Waals surface area contributed by atoms with Gasteiger partial charge in [-0.05, 0) is 37.1 Å². The van der Waals surface area contributed by atoms with E-state index in [9.17, 15) is 13.2 Å². The first-order valence-electron chi connectivity index (χ1n) is 10.5. The lowest BCUT2D eigenvalue weighted by molar-refractivity contribution is 0.239. The number of nitrogens with zero attached hydrogens (tertiary/aromatic N) is 3. The van der Waals surface area contributed by atoms with Crippen LogP contribution >= 0.6 is 0 Å². The van der Waals surface area contributed by atoms with Gasteiger partial charge in [0.1, 0.15) is 0 Å².